The standard InChI is InChI=1S/C20H23NO3S/c1-3-4-11-24-17-10-9-15(23-2)13-16(17)21-20(22)19-12-14-7-5-6-8-18(14)25-19/h5-10,13,19H,3-4,11-12H2,1-2H3,(H,21,22). The minimum absolute atomic E-state index is 0.00482. The molecule has 132 valence electrons. The van der Waals surface area contributed by atoms with Crippen LogP contribution in [-0.2, 0) is 11.2 Å². The number of thioether (sulfide) groups is 1. The number of nitrogens with one attached hydrogen (secondary N) is 1. The Balaban J connectivity index is 1.71. The van der Waals surface area contributed by atoms with E-state index < -0.39 is 0 Å². The van der Waals surface area contributed by atoms with Crippen LogP contribution in [0.3, 0.4) is 0 Å². The largest absolute Gasteiger partial charge is 0.497 e. The lowest BCUT2D eigenvalue weighted by Crippen LogP contribution is -2.25. The number of fused-ring (bicyclic) bond motifs is 1. The molecule has 0 aliphatic carbocycles. The average Bonchev–Trinajstić information content (AvgIpc) is 3.07. The van der Waals surface area contributed by atoms with Crippen LogP contribution in [-0.4, -0.2) is 24.9 Å². The van der Waals surface area contributed by atoms with Gasteiger partial charge in [0.1, 0.15) is 11.5 Å². The number of benzene rings is 2. The fourth-order valence-corrected chi connectivity index (χ4v) is 3.92. The summed E-state index contributed by atoms with van der Waals surface area (Å²) in [4.78, 5) is 13.9. The van der Waals surface area contributed by atoms with E-state index in [2.05, 4.69) is 24.4 Å². The first-order valence-electron chi connectivity index (χ1n) is 8.57. The molecule has 1 aliphatic heterocycles. The van der Waals surface area contributed by atoms with Crippen LogP contribution in [0, 0.1) is 0 Å². The van der Waals surface area contributed by atoms with Crippen molar-refractivity contribution in [2.75, 3.05) is 19.0 Å². The Morgan fingerprint density at radius 1 is 1.28 bits per heavy atom. The van der Waals surface area contributed by atoms with Crippen molar-refractivity contribution in [1.82, 2.24) is 0 Å². The first kappa shape index (κ1) is 17.7. The summed E-state index contributed by atoms with van der Waals surface area (Å²) in [5.41, 5.74) is 1.90. The number of methoxy groups -OCH3 is 1. The maximum Gasteiger partial charge on any atom is 0.238 e. The third-order valence-corrected chi connectivity index (χ3v) is 5.46. The molecule has 0 spiro atoms. The minimum atomic E-state index is -0.118. The van der Waals surface area contributed by atoms with Gasteiger partial charge in [0.05, 0.1) is 24.7 Å². The van der Waals surface area contributed by atoms with Gasteiger partial charge >= 0.3 is 0 Å². The zero-order valence-corrected chi connectivity index (χ0v) is 15.4. The van der Waals surface area contributed by atoms with E-state index in [9.17, 15) is 4.79 Å². The molecule has 5 heteroatoms. The molecule has 4 nitrogen and oxygen atoms in total. The lowest BCUT2D eigenvalue weighted by Gasteiger charge is -2.15. The molecule has 1 atom stereocenters. The molecule has 1 unspecified atom stereocenters. The summed E-state index contributed by atoms with van der Waals surface area (Å²) in [5.74, 6) is 1.37. The fourth-order valence-electron chi connectivity index (χ4n) is 2.73. The Kier molecular flexibility index (Phi) is 5.87. The van der Waals surface area contributed by atoms with E-state index >= 15 is 0 Å². The summed E-state index contributed by atoms with van der Waals surface area (Å²) in [6.45, 7) is 2.75. The zero-order valence-electron chi connectivity index (χ0n) is 14.6. The van der Waals surface area contributed by atoms with Crippen LogP contribution < -0.4 is 14.8 Å². The Morgan fingerprint density at radius 3 is 2.88 bits per heavy atom. The zero-order chi connectivity index (χ0) is 17.6. The summed E-state index contributed by atoms with van der Waals surface area (Å²) in [6, 6.07) is 13.7. The second-order valence-corrected chi connectivity index (χ2v) is 7.22. The molecule has 2 aromatic rings. The highest BCUT2D eigenvalue weighted by Crippen LogP contribution is 2.38. The van der Waals surface area contributed by atoms with E-state index in [1.807, 2.05) is 30.3 Å². The van der Waals surface area contributed by atoms with E-state index in [-0.39, 0.29) is 11.2 Å². The van der Waals surface area contributed by atoms with E-state index in [4.69, 9.17) is 9.47 Å². The Hall–Kier alpha value is -2.14. The first-order chi connectivity index (χ1) is 12.2. The van der Waals surface area contributed by atoms with Crippen LogP contribution in [0.4, 0.5) is 5.69 Å². The molecule has 3 rings (SSSR count). The van der Waals surface area contributed by atoms with Crippen molar-refractivity contribution in [3.63, 3.8) is 0 Å². The van der Waals surface area contributed by atoms with Gasteiger partial charge in [-0.05, 0) is 36.6 Å². The number of hydrogen-bond acceptors (Lipinski definition) is 4. The molecule has 0 radical (unpaired) electrons. The van der Waals surface area contributed by atoms with E-state index in [1.54, 1.807) is 18.9 Å². The van der Waals surface area contributed by atoms with Crippen LogP contribution >= 0.6 is 11.8 Å². The molecule has 0 aromatic heterocycles. The summed E-state index contributed by atoms with van der Waals surface area (Å²) in [7, 11) is 1.61. The molecule has 0 saturated carbocycles. The number of rotatable bonds is 7. The molecule has 0 saturated heterocycles. The molecular weight excluding hydrogens is 334 g/mol. The van der Waals surface area contributed by atoms with Crippen LogP contribution in [0.5, 0.6) is 11.5 Å². The van der Waals surface area contributed by atoms with Crippen LogP contribution in [0.1, 0.15) is 25.3 Å². The fraction of sp³-hybridized carbons (Fsp3) is 0.350. The Morgan fingerprint density at radius 2 is 2.12 bits per heavy atom. The van der Waals surface area contributed by atoms with Crippen molar-refractivity contribution in [3.05, 3.63) is 48.0 Å². The smallest absolute Gasteiger partial charge is 0.238 e. The maximum atomic E-state index is 12.7. The molecule has 0 fully saturated rings. The third-order valence-electron chi connectivity index (χ3n) is 4.14. The summed E-state index contributed by atoms with van der Waals surface area (Å²) in [5, 5.41) is 2.91. The predicted molar refractivity (Wildman–Crippen MR) is 102 cm³/mol. The normalized spacial score (nSPS) is 15.5. The van der Waals surface area contributed by atoms with Gasteiger partial charge in [0, 0.05) is 11.0 Å². The summed E-state index contributed by atoms with van der Waals surface area (Å²) >= 11 is 1.62. The minimum Gasteiger partial charge on any atom is -0.497 e. The predicted octanol–water partition coefficient (Wildman–Crippen LogP) is 4.53. The molecule has 1 amide bonds. The highest BCUT2D eigenvalue weighted by molar-refractivity contribution is 8.01. The van der Waals surface area contributed by atoms with Crippen molar-refractivity contribution in [2.45, 2.75) is 36.3 Å². The first-order valence-corrected chi connectivity index (χ1v) is 9.45. The molecule has 2 aromatic carbocycles. The highest BCUT2D eigenvalue weighted by atomic mass is 32.2. The van der Waals surface area contributed by atoms with Crippen LogP contribution in [0.2, 0.25) is 0 Å². The van der Waals surface area contributed by atoms with Crippen LogP contribution in [0.25, 0.3) is 0 Å². The number of carbonyl (C=O) groups excluding carboxylic acids is 1. The lowest BCUT2D eigenvalue weighted by atomic mass is 10.1. The van der Waals surface area contributed by atoms with Crippen molar-refractivity contribution >= 4 is 23.4 Å². The molecular formula is C20H23NO3S. The van der Waals surface area contributed by atoms with Gasteiger partial charge in [-0.25, -0.2) is 0 Å². The summed E-state index contributed by atoms with van der Waals surface area (Å²) < 4.78 is 11.1. The SMILES string of the molecule is CCCCOc1ccc(OC)cc1NC(=O)C1Cc2ccccc2S1. The van der Waals surface area contributed by atoms with Gasteiger partial charge in [-0.3, -0.25) is 4.79 Å². The number of ether oxygens (including phenoxy) is 2. The third kappa shape index (κ3) is 4.28. The van der Waals surface area contributed by atoms with Gasteiger partial charge in [0.15, 0.2) is 0 Å². The van der Waals surface area contributed by atoms with Crippen molar-refractivity contribution in [3.8, 4) is 11.5 Å². The number of anilines is 1. The number of unbranched alkanes of at least 4 members (excludes halogenated alkanes) is 1. The lowest BCUT2D eigenvalue weighted by molar-refractivity contribution is -0.115. The van der Waals surface area contributed by atoms with Gasteiger partial charge in [-0.15, -0.1) is 11.8 Å². The highest BCUT2D eigenvalue weighted by Gasteiger charge is 2.28. The van der Waals surface area contributed by atoms with Crippen molar-refractivity contribution in [1.29, 1.82) is 0 Å². The maximum absolute atomic E-state index is 12.7. The van der Waals surface area contributed by atoms with Gasteiger partial charge < -0.3 is 14.8 Å². The second-order valence-electron chi connectivity index (χ2n) is 5.97. The molecule has 1 aliphatic rings. The number of hydrogen-bond donors (Lipinski definition) is 1. The van der Waals surface area contributed by atoms with Gasteiger partial charge in [0.2, 0.25) is 5.91 Å². The van der Waals surface area contributed by atoms with E-state index in [0.717, 1.165) is 19.3 Å². The molecule has 1 heterocycles. The topological polar surface area (TPSA) is 47.6 Å². The molecule has 1 N–H and O–H groups in total. The monoisotopic (exact) mass is 357 g/mol. The molecule has 25 heavy (non-hydrogen) atoms. The van der Waals surface area contributed by atoms with Crippen molar-refractivity contribution in [2.24, 2.45) is 0 Å². The van der Waals surface area contributed by atoms with Gasteiger partial charge in [-0.2, -0.15) is 0 Å². The van der Waals surface area contributed by atoms with E-state index in [0.29, 0.717) is 23.8 Å². The van der Waals surface area contributed by atoms with E-state index in [1.165, 1.54) is 10.5 Å². The second kappa shape index (κ2) is 8.30. The summed E-state index contributed by atoms with van der Waals surface area (Å²) in [6.07, 6.45) is 2.80. The Bertz CT molecular complexity index is 722. The number of carbonyl (C=O) groups is 1. The average molecular weight is 357 g/mol. The van der Waals surface area contributed by atoms with Crippen molar-refractivity contribution < 1.29 is 14.3 Å². The molecule has 0 bridgehead atoms. The number of amides is 1. The Labute approximate surface area is 152 Å². The van der Waals surface area contributed by atoms with Crippen LogP contribution in [0.15, 0.2) is 47.4 Å². The quantitative estimate of drug-likeness (QED) is 0.740. The van der Waals surface area contributed by atoms with Gasteiger partial charge in [-0.1, -0.05) is 31.5 Å². The van der Waals surface area contributed by atoms with Gasteiger partial charge in [0.25, 0.3) is 0 Å².